The van der Waals surface area contributed by atoms with Gasteiger partial charge in [-0.05, 0) is 44.1 Å². The number of hydrogen-bond donors (Lipinski definition) is 1. The Morgan fingerprint density at radius 1 is 1.48 bits per heavy atom. The van der Waals surface area contributed by atoms with Gasteiger partial charge in [-0.2, -0.15) is 0 Å². The molecule has 2 aromatic rings. The van der Waals surface area contributed by atoms with Gasteiger partial charge in [0.25, 0.3) is 0 Å². The number of fused-ring (bicyclic) bond motifs is 3. The summed E-state index contributed by atoms with van der Waals surface area (Å²) < 4.78 is 5.17. The van der Waals surface area contributed by atoms with Crippen molar-refractivity contribution in [1.29, 1.82) is 0 Å². The highest BCUT2D eigenvalue weighted by atomic mass is 32.2. The van der Waals surface area contributed by atoms with Gasteiger partial charge in [0.15, 0.2) is 5.16 Å². The largest absolute Gasteiger partial charge is 0.462 e. The van der Waals surface area contributed by atoms with Crippen molar-refractivity contribution in [3.8, 4) is 11.4 Å². The van der Waals surface area contributed by atoms with Gasteiger partial charge in [-0.3, -0.25) is 0 Å². The van der Waals surface area contributed by atoms with Crippen LogP contribution in [0.2, 0.25) is 0 Å². The van der Waals surface area contributed by atoms with Crippen LogP contribution in [0.3, 0.4) is 0 Å². The van der Waals surface area contributed by atoms with Crippen LogP contribution in [0.25, 0.3) is 11.4 Å². The van der Waals surface area contributed by atoms with E-state index in [4.69, 9.17) is 4.74 Å². The second-order valence-corrected chi connectivity index (χ2v) is 5.70. The van der Waals surface area contributed by atoms with Crippen LogP contribution in [0.15, 0.2) is 11.4 Å². The smallest absolute Gasteiger partial charge is 0.340 e. The van der Waals surface area contributed by atoms with Crippen LogP contribution in [-0.2, 0) is 17.6 Å². The number of nitrogens with one attached hydrogen (secondary N) is 1. The molecule has 0 aliphatic heterocycles. The number of hydrogen-bond acceptors (Lipinski definition) is 5. The number of ether oxygens (including phenoxy) is 1. The SMILES string of the molecule is CCOC(=O)c1c(C)[nH]c2c1CCc1cnc(SC)nc1-2. The van der Waals surface area contributed by atoms with E-state index in [0.29, 0.717) is 12.2 Å². The molecule has 0 saturated heterocycles. The van der Waals surface area contributed by atoms with Crippen molar-refractivity contribution < 1.29 is 9.53 Å². The van der Waals surface area contributed by atoms with Crippen molar-refractivity contribution in [3.05, 3.63) is 28.6 Å². The molecule has 6 heteroatoms. The number of esters is 1. The van der Waals surface area contributed by atoms with E-state index in [9.17, 15) is 4.79 Å². The minimum Gasteiger partial charge on any atom is -0.462 e. The number of carbonyl (C=O) groups is 1. The zero-order chi connectivity index (χ0) is 15.0. The van der Waals surface area contributed by atoms with E-state index in [0.717, 1.165) is 46.2 Å². The third kappa shape index (κ3) is 2.33. The summed E-state index contributed by atoms with van der Waals surface area (Å²) in [4.78, 5) is 24.4. The average molecular weight is 303 g/mol. The maximum absolute atomic E-state index is 12.2. The summed E-state index contributed by atoms with van der Waals surface area (Å²) in [6, 6.07) is 0. The number of rotatable bonds is 3. The van der Waals surface area contributed by atoms with Gasteiger partial charge in [0.05, 0.1) is 23.6 Å². The van der Waals surface area contributed by atoms with E-state index in [-0.39, 0.29) is 5.97 Å². The van der Waals surface area contributed by atoms with Crippen molar-refractivity contribution in [2.75, 3.05) is 12.9 Å². The Balaban J connectivity index is 2.13. The molecule has 21 heavy (non-hydrogen) atoms. The van der Waals surface area contributed by atoms with Gasteiger partial charge in [-0.25, -0.2) is 14.8 Å². The normalized spacial score (nSPS) is 12.7. The monoisotopic (exact) mass is 303 g/mol. The summed E-state index contributed by atoms with van der Waals surface area (Å²) in [5.41, 5.74) is 5.50. The molecule has 1 N–H and O–H groups in total. The molecule has 0 amide bonds. The van der Waals surface area contributed by atoms with E-state index in [1.54, 1.807) is 0 Å². The van der Waals surface area contributed by atoms with Gasteiger partial charge < -0.3 is 9.72 Å². The van der Waals surface area contributed by atoms with Crippen molar-refractivity contribution >= 4 is 17.7 Å². The molecule has 1 aliphatic rings. The topological polar surface area (TPSA) is 67.9 Å². The molecule has 0 saturated carbocycles. The van der Waals surface area contributed by atoms with Crippen LogP contribution in [0.1, 0.15) is 34.1 Å². The summed E-state index contributed by atoms with van der Waals surface area (Å²) in [6.45, 7) is 4.11. The van der Waals surface area contributed by atoms with Gasteiger partial charge in [0.2, 0.25) is 0 Å². The average Bonchev–Trinajstić information content (AvgIpc) is 2.83. The fourth-order valence-corrected chi connectivity index (χ4v) is 3.10. The molecule has 0 spiro atoms. The highest BCUT2D eigenvalue weighted by Gasteiger charge is 2.28. The molecule has 0 aromatic carbocycles. The van der Waals surface area contributed by atoms with Gasteiger partial charge in [0, 0.05) is 11.9 Å². The van der Waals surface area contributed by atoms with Crippen LogP contribution >= 0.6 is 11.8 Å². The molecular formula is C15H17N3O2S. The molecular weight excluding hydrogens is 286 g/mol. The van der Waals surface area contributed by atoms with Crippen molar-refractivity contribution in [2.24, 2.45) is 0 Å². The second kappa shape index (κ2) is 5.52. The quantitative estimate of drug-likeness (QED) is 0.536. The number of H-pyrrole nitrogens is 1. The molecule has 2 aromatic heterocycles. The van der Waals surface area contributed by atoms with Crippen molar-refractivity contribution in [3.63, 3.8) is 0 Å². The first kappa shape index (κ1) is 14.1. The number of aromatic nitrogens is 3. The van der Waals surface area contributed by atoms with E-state index < -0.39 is 0 Å². The van der Waals surface area contributed by atoms with E-state index in [1.807, 2.05) is 26.3 Å². The van der Waals surface area contributed by atoms with Gasteiger partial charge in [-0.1, -0.05) is 11.8 Å². The lowest BCUT2D eigenvalue weighted by Crippen LogP contribution is -2.12. The molecule has 0 radical (unpaired) electrons. The molecule has 0 bridgehead atoms. The zero-order valence-corrected chi connectivity index (χ0v) is 13.1. The van der Waals surface area contributed by atoms with Crippen LogP contribution < -0.4 is 0 Å². The molecule has 5 nitrogen and oxygen atoms in total. The first-order chi connectivity index (χ1) is 10.2. The Hall–Kier alpha value is -1.82. The fraction of sp³-hybridized carbons (Fsp3) is 0.400. The number of thioether (sulfide) groups is 1. The van der Waals surface area contributed by atoms with Crippen LogP contribution in [0.5, 0.6) is 0 Å². The Labute approximate surface area is 127 Å². The molecule has 110 valence electrons. The summed E-state index contributed by atoms with van der Waals surface area (Å²) >= 11 is 1.51. The minimum absolute atomic E-state index is 0.255. The molecule has 2 heterocycles. The fourth-order valence-electron chi connectivity index (χ4n) is 2.76. The summed E-state index contributed by atoms with van der Waals surface area (Å²) in [6.07, 6.45) is 5.50. The van der Waals surface area contributed by atoms with Crippen molar-refractivity contribution in [2.45, 2.75) is 31.8 Å². The minimum atomic E-state index is -0.255. The maximum Gasteiger partial charge on any atom is 0.340 e. The highest BCUT2D eigenvalue weighted by molar-refractivity contribution is 7.98. The number of aromatic amines is 1. The molecule has 0 unspecified atom stereocenters. The van der Waals surface area contributed by atoms with Gasteiger partial charge >= 0.3 is 5.97 Å². The highest BCUT2D eigenvalue weighted by Crippen LogP contribution is 2.35. The standard InChI is InChI=1S/C15H17N3O2S/c1-4-20-14(19)11-8(2)17-13-10(11)6-5-9-7-16-15(21-3)18-12(9)13/h7,17H,4-6H2,1-3H3. The van der Waals surface area contributed by atoms with Crippen molar-refractivity contribution in [1.82, 2.24) is 15.0 Å². The first-order valence-electron chi connectivity index (χ1n) is 6.94. The molecule has 0 fully saturated rings. The van der Waals surface area contributed by atoms with Gasteiger partial charge in [0.1, 0.15) is 0 Å². The number of nitrogens with zero attached hydrogens (tertiary/aromatic N) is 2. The predicted molar refractivity (Wildman–Crippen MR) is 81.7 cm³/mol. The lowest BCUT2D eigenvalue weighted by molar-refractivity contribution is 0.0524. The van der Waals surface area contributed by atoms with E-state index in [2.05, 4.69) is 15.0 Å². The van der Waals surface area contributed by atoms with Crippen LogP contribution in [0, 0.1) is 6.92 Å². The Morgan fingerprint density at radius 3 is 3.00 bits per heavy atom. The van der Waals surface area contributed by atoms with E-state index >= 15 is 0 Å². The first-order valence-corrected chi connectivity index (χ1v) is 8.17. The van der Waals surface area contributed by atoms with Crippen LogP contribution in [-0.4, -0.2) is 33.8 Å². The summed E-state index contributed by atoms with van der Waals surface area (Å²) in [5, 5.41) is 0.742. The molecule has 3 rings (SSSR count). The Morgan fingerprint density at radius 2 is 2.29 bits per heavy atom. The number of aryl methyl sites for hydroxylation is 2. The maximum atomic E-state index is 12.2. The second-order valence-electron chi connectivity index (χ2n) is 4.93. The summed E-state index contributed by atoms with van der Waals surface area (Å²) in [7, 11) is 0. The lowest BCUT2D eigenvalue weighted by Gasteiger charge is -2.16. The predicted octanol–water partition coefficient (Wildman–Crippen LogP) is 2.78. The zero-order valence-electron chi connectivity index (χ0n) is 12.3. The van der Waals surface area contributed by atoms with Crippen LogP contribution in [0.4, 0.5) is 0 Å². The summed E-state index contributed by atoms with van der Waals surface area (Å²) in [5.74, 6) is -0.255. The van der Waals surface area contributed by atoms with E-state index in [1.165, 1.54) is 11.8 Å². The Kier molecular flexibility index (Phi) is 3.71. The Bertz CT molecular complexity index is 709. The molecule has 1 aliphatic carbocycles. The third-order valence-corrected chi connectivity index (χ3v) is 4.24. The molecule has 0 atom stereocenters. The third-order valence-electron chi connectivity index (χ3n) is 3.68. The number of carbonyl (C=O) groups excluding carboxylic acids is 1. The van der Waals surface area contributed by atoms with Gasteiger partial charge in [-0.15, -0.1) is 0 Å². The lowest BCUT2D eigenvalue weighted by atomic mass is 9.92.